The minimum atomic E-state index is 0.439. The highest BCUT2D eigenvalue weighted by Crippen LogP contribution is 2.28. The lowest BCUT2D eigenvalue weighted by molar-refractivity contribution is 0.111. The van der Waals surface area contributed by atoms with Crippen molar-refractivity contribution in [3.05, 3.63) is 0 Å². The van der Waals surface area contributed by atoms with Crippen LogP contribution in [0.4, 0.5) is 0 Å². The van der Waals surface area contributed by atoms with Crippen LogP contribution >= 0.6 is 0 Å². The molecule has 0 aromatic heterocycles. The van der Waals surface area contributed by atoms with E-state index in [1.54, 1.807) is 0 Å². The van der Waals surface area contributed by atoms with Crippen LogP contribution in [0, 0.1) is 5.41 Å². The second-order valence-electron chi connectivity index (χ2n) is 7.30. The zero-order valence-electron chi connectivity index (χ0n) is 14.7. The van der Waals surface area contributed by atoms with Gasteiger partial charge in [-0.05, 0) is 51.0 Å². The van der Waals surface area contributed by atoms with Gasteiger partial charge < -0.3 is 10.2 Å². The molecule has 0 bridgehead atoms. The van der Waals surface area contributed by atoms with Crippen molar-refractivity contribution in [3.63, 3.8) is 0 Å². The standard InChI is InChI=1S/C18H38N2/c1-6-9-13-20(16(4)8-3)15-18(5,12-7-2)14-19-17-10-11-17/h16-17,19H,6-15H2,1-5H3. The Morgan fingerprint density at radius 3 is 2.40 bits per heavy atom. The van der Waals surface area contributed by atoms with Crippen LogP contribution in [0.25, 0.3) is 0 Å². The van der Waals surface area contributed by atoms with Crippen LogP contribution in [0.15, 0.2) is 0 Å². The van der Waals surface area contributed by atoms with Gasteiger partial charge in [0.1, 0.15) is 0 Å². The van der Waals surface area contributed by atoms with Gasteiger partial charge in [0.15, 0.2) is 0 Å². The van der Waals surface area contributed by atoms with Crippen LogP contribution in [-0.4, -0.2) is 36.6 Å². The molecule has 2 atom stereocenters. The second kappa shape index (κ2) is 9.04. The average Bonchev–Trinajstić information content (AvgIpc) is 3.25. The van der Waals surface area contributed by atoms with Gasteiger partial charge in [-0.25, -0.2) is 0 Å². The van der Waals surface area contributed by atoms with E-state index in [1.165, 1.54) is 64.6 Å². The quantitative estimate of drug-likeness (QED) is 0.569. The largest absolute Gasteiger partial charge is 0.313 e. The first kappa shape index (κ1) is 18.0. The minimum absolute atomic E-state index is 0.439. The van der Waals surface area contributed by atoms with E-state index in [9.17, 15) is 0 Å². The van der Waals surface area contributed by atoms with Crippen LogP contribution < -0.4 is 5.32 Å². The van der Waals surface area contributed by atoms with Gasteiger partial charge in [-0.1, -0.05) is 40.5 Å². The smallest absolute Gasteiger partial charge is 0.00684 e. The Labute approximate surface area is 127 Å². The zero-order valence-corrected chi connectivity index (χ0v) is 14.7. The molecule has 1 rings (SSSR count). The lowest BCUT2D eigenvalue weighted by Gasteiger charge is -2.39. The third-order valence-corrected chi connectivity index (χ3v) is 4.85. The van der Waals surface area contributed by atoms with E-state index in [-0.39, 0.29) is 0 Å². The summed E-state index contributed by atoms with van der Waals surface area (Å²) < 4.78 is 0. The van der Waals surface area contributed by atoms with Gasteiger partial charge in [-0.2, -0.15) is 0 Å². The Kier molecular flexibility index (Phi) is 8.13. The van der Waals surface area contributed by atoms with Gasteiger partial charge in [0.05, 0.1) is 0 Å². The van der Waals surface area contributed by atoms with Crippen LogP contribution in [0.1, 0.15) is 79.6 Å². The van der Waals surface area contributed by atoms with Crippen molar-refractivity contribution in [1.82, 2.24) is 10.2 Å². The van der Waals surface area contributed by atoms with Crippen LogP contribution in [0.2, 0.25) is 0 Å². The van der Waals surface area contributed by atoms with Crippen molar-refractivity contribution in [2.24, 2.45) is 5.41 Å². The Balaban J connectivity index is 2.55. The zero-order chi connectivity index (χ0) is 15.0. The summed E-state index contributed by atoms with van der Waals surface area (Å²) in [6.07, 6.45) is 9.33. The van der Waals surface area contributed by atoms with Crippen LogP contribution in [0.5, 0.6) is 0 Å². The summed E-state index contributed by atoms with van der Waals surface area (Å²) >= 11 is 0. The second-order valence-corrected chi connectivity index (χ2v) is 7.30. The highest BCUT2D eigenvalue weighted by Gasteiger charge is 2.30. The number of hydrogen-bond donors (Lipinski definition) is 1. The fourth-order valence-electron chi connectivity index (χ4n) is 3.07. The Morgan fingerprint density at radius 2 is 1.90 bits per heavy atom. The molecule has 1 fully saturated rings. The molecule has 1 N–H and O–H groups in total. The monoisotopic (exact) mass is 282 g/mol. The third kappa shape index (κ3) is 6.58. The maximum absolute atomic E-state index is 3.77. The van der Waals surface area contributed by atoms with Gasteiger partial charge >= 0.3 is 0 Å². The predicted molar refractivity (Wildman–Crippen MR) is 90.3 cm³/mol. The van der Waals surface area contributed by atoms with E-state index >= 15 is 0 Å². The molecule has 0 amide bonds. The first-order valence-electron chi connectivity index (χ1n) is 9.02. The molecular formula is C18H38N2. The van der Waals surface area contributed by atoms with Crippen molar-refractivity contribution in [3.8, 4) is 0 Å². The third-order valence-electron chi connectivity index (χ3n) is 4.85. The normalized spacial score (nSPS) is 20.1. The van der Waals surface area contributed by atoms with E-state index in [4.69, 9.17) is 0 Å². The summed E-state index contributed by atoms with van der Waals surface area (Å²) in [6, 6.07) is 1.55. The van der Waals surface area contributed by atoms with Gasteiger partial charge in [-0.3, -0.25) is 0 Å². The highest BCUT2D eigenvalue weighted by atomic mass is 15.2. The molecule has 1 saturated carbocycles. The lowest BCUT2D eigenvalue weighted by Crippen LogP contribution is -2.46. The molecule has 0 aromatic carbocycles. The highest BCUT2D eigenvalue weighted by molar-refractivity contribution is 4.88. The first-order valence-corrected chi connectivity index (χ1v) is 9.02. The molecule has 0 saturated heterocycles. The summed E-state index contributed by atoms with van der Waals surface area (Å²) in [7, 11) is 0. The summed E-state index contributed by atoms with van der Waals surface area (Å²) in [4.78, 5) is 2.74. The van der Waals surface area contributed by atoms with Gasteiger partial charge in [0, 0.05) is 25.2 Å². The molecule has 1 aliphatic carbocycles. The molecule has 2 nitrogen and oxygen atoms in total. The lowest BCUT2D eigenvalue weighted by atomic mass is 9.84. The Morgan fingerprint density at radius 1 is 1.20 bits per heavy atom. The molecule has 2 unspecified atom stereocenters. The van der Waals surface area contributed by atoms with Crippen molar-refractivity contribution >= 4 is 0 Å². The van der Waals surface area contributed by atoms with Gasteiger partial charge in [0.25, 0.3) is 0 Å². The van der Waals surface area contributed by atoms with Crippen molar-refractivity contribution in [1.29, 1.82) is 0 Å². The summed E-state index contributed by atoms with van der Waals surface area (Å²) in [6.45, 7) is 15.6. The molecular weight excluding hydrogens is 244 g/mol. The molecule has 120 valence electrons. The SMILES string of the molecule is CCCCN(CC(C)(CCC)CNC1CC1)C(C)CC. The first-order chi connectivity index (χ1) is 9.54. The van der Waals surface area contributed by atoms with Gasteiger partial charge in [-0.15, -0.1) is 0 Å². The molecule has 2 heteroatoms. The molecule has 0 radical (unpaired) electrons. The molecule has 0 aromatic rings. The van der Waals surface area contributed by atoms with E-state index in [1.807, 2.05) is 0 Å². The van der Waals surface area contributed by atoms with E-state index < -0.39 is 0 Å². The maximum atomic E-state index is 3.77. The fourth-order valence-corrected chi connectivity index (χ4v) is 3.07. The van der Waals surface area contributed by atoms with E-state index in [0.717, 1.165) is 12.1 Å². The molecule has 0 spiro atoms. The number of hydrogen-bond acceptors (Lipinski definition) is 2. The average molecular weight is 283 g/mol. The fraction of sp³-hybridized carbons (Fsp3) is 1.00. The maximum Gasteiger partial charge on any atom is 0.00684 e. The Bertz CT molecular complexity index is 250. The van der Waals surface area contributed by atoms with E-state index in [0.29, 0.717) is 5.41 Å². The minimum Gasteiger partial charge on any atom is -0.313 e. The number of unbranched alkanes of at least 4 members (excludes halogenated alkanes) is 1. The van der Waals surface area contributed by atoms with Gasteiger partial charge in [0.2, 0.25) is 0 Å². The summed E-state index contributed by atoms with van der Waals surface area (Å²) in [5, 5.41) is 3.77. The summed E-state index contributed by atoms with van der Waals surface area (Å²) in [5.41, 5.74) is 0.439. The van der Waals surface area contributed by atoms with Crippen molar-refractivity contribution in [2.45, 2.75) is 91.6 Å². The van der Waals surface area contributed by atoms with Crippen LogP contribution in [0.3, 0.4) is 0 Å². The number of nitrogens with one attached hydrogen (secondary N) is 1. The summed E-state index contributed by atoms with van der Waals surface area (Å²) in [5.74, 6) is 0. The number of rotatable bonds is 12. The van der Waals surface area contributed by atoms with E-state index in [2.05, 4.69) is 44.8 Å². The molecule has 1 aliphatic rings. The van der Waals surface area contributed by atoms with Crippen molar-refractivity contribution < 1.29 is 0 Å². The predicted octanol–water partition coefficient (Wildman–Crippen LogP) is 4.45. The molecule has 0 heterocycles. The molecule has 0 aliphatic heterocycles. The topological polar surface area (TPSA) is 15.3 Å². The molecule has 20 heavy (non-hydrogen) atoms. The Hall–Kier alpha value is -0.0800. The number of nitrogens with zero attached hydrogens (tertiary/aromatic N) is 1. The van der Waals surface area contributed by atoms with Crippen molar-refractivity contribution in [2.75, 3.05) is 19.6 Å². The van der Waals surface area contributed by atoms with Crippen LogP contribution in [-0.2, 0) is 0 Å².